The number of aromatic nitrogens is 2. The summed E-state index contributed by atoms with van der Waals surface area (Å²) in [5, 5.41) is 1.14. The number of ether oxygens (including phenoxy) is 1. The van der Waals surface area contributed by atoms with Gasteiger partial charge in [0.1, 0.15) is 11.4 Å². The number of fused-ring (bicyclic) bond motifs is 1. The van der Waals surface area contributed by atoms with Gasteiger partial charge in [-0.05, 0) is 49.2 Å². The second kappa shape index (κ2) is 4.76. The molecule has 0 saturated carbocycles. The van der Waals surface area contributed by atoms with Crippen molar-refractivity contribution in [1.82, 2.24) is 9.97 Å². The van der Waals surface area contributed by atoms with Gasteiger partial charge in [0.2, 0.25) is 0 Å². The molecule has 1 N–H and O–H groups in total. The summed E-state index contributed by atoms with van der Waals surface area (Å²) in [7, 11) is 0. The van der Waals surface area contributed by atoms with Crippen molar-refractivity contribution >= 4 is 11.0 Å². The summed E-state index contributed by atoms with van der Waals surface area (Å²) in [6.45, 7) is 4.06. The summed E-state index contributed by atoms with van der Waals surface area (Å²) in [6.07, 6.45) is 3.94. The van der Waals surface area contributed by atoms with Crippen LogP contribution < -0.4 is 4.74 Å². The fraction of sp³-hybridized carbons (Fsp3) is 0.188. The fourth-order valence-electron chi connectivity index (χ4n) is 2.20. The van der Waals surface area contributed by atoms with Crippen molar-refractivity contribution in [3.8, 4) is 16.9 Å². The maximum Gasteiger partial charge on any atom is 0.137 e. The van der Waals surface area contributed by atoms with Crippen LogP contribution in [-0.4, -0.2) is 16.1 Å². The predicted molar refractivity (Wildman–Crippen MR) is 77.3 cm³/mol. The van der Waals surface area contributed by atoms with Crippen LogP contribution in [0.25, 0.3) is 22.2 Å². The molecule has 0 fully saturated rings. The molecule has 0 bridgehead atoms. The Balaban J connectivity index is 2.00. The van der Waals surface area contributed by atoms with Gasteiger partial charge in [0.25, 0.3) is 0 Å². The van der Waals surface area contributed by atoms with Crippen molar-refractivity contribution < 1.29 is 4.74 Å². The van der Waals surface area contributed by atoms with Crippen molar-refractivity contribution in [1.29, 1.82) is 0 Å². The summed E-state index contributed by atoms with van der Waals surface area (Å²) < 4.78 is 5.66. The Morgan fingerprint density at radius 3 is 2.58 bits per heavy atom. The molecule has 0 amide bonds. The zero-order valence-corrected chi connectivity index (χ0v) is 11.1. The molecular formula is C16H16N2O. The monoisotopic (exact) mass is 252 g/mol. The van der Waals surface area contributed by atoms with E-state index in [4.69, 9.17) is 4.74 Å². The van der Waals surface area contributed by atoms with E-state index in [0.717, 1.165) is 16.8 Å². The quantitative estimate of drug-likeness (QED) is 0.764. The fourth-order valence-corrected chi connectivity index (χ4v) is 2.20. The number of H-pyrrole nitrogens is 1. The molecule has 1 aromatic carbocycles. The van der Waals surface area contributed by atoms with E-state index in [0.29, 0.717) is 0 Å². The molecule has 2 aromatic heterocycles. The first-order valence-corrected chi connectivity index (χ1v) is 6.43. The summed E-state index contributed by atoms with van der Waals surface area (Å²) >= 11 is 0. The van der Waals surface area contributed by atoms with Crippen LogP contribution in [0.3, 0.4) is 0 Å². The van der Waals surface area contributed by atoms with E-state index in [1.54, 1.807) is 0 Å². The Morgan fingerprint density at radius 1 is 1.05 bits per heavy atom. The van der Waals surface area contributed by atoms with Crippen molar-refractivity contribution in [2.75, 3.05) is 0 Å². The highest BCUT2D eigenvalue weighted by molar-refractivity contribution is 5.92. The zero-order valence-electron chi connectivity index (χ0n) is 11.1. The van der Waals surface area contributed by atoms with Crippen molar-refractivity contribution in [2.45, 2.75) is 20.0 Å². The Morgan fingerprint density at radius 2 is 1.84 bits per heavy atom. The van der Waals surface area contributed by atoms with E-state index < -0.39 is 0 Å². The number of aromatic amines is 1. The van der Waals surface area contributed by atoms with Crippen molar-refractivity contribution in [3.05, 3.63) is 48.8 Å². The Kier molecular flexibility index (Phi) is 2.95. The lowest BCUT2D eigenvalue weighted by Gasteiger charge is -2.10. The second-order valence-corrected chi connectivity index (χ2v) is 4.79. The molecule has 0 saturated heterocycles. The average molecular weight is 252 g/mol. The number of pyridine rings is 1. The molecule has 0 unspecified atom stereocenters. The SMILES string of the molecule is CC(C)Oc1ccc(-c2ccnc3[nH]ccc23)cc1. The van der Waals surface area contributed by atoms with Gasteiger partial charge in [0.05, 0.1) is 6.10 Å². The van der Waals surface area contributed by atoms with E-state index in [2.05, 4.69) is 28.2 Å². The molecule has 19 heavy (non-hydrogen) atoms. The maximum absolute atomic E-state index is 5.66. The van der Waals surface area contributed by atoms with Crippen LogP contribution >= 0.6 is 0 Å². The molecule has 3 nitrogen and oxygen atoms in total. The van der Waals surface area contributed by atoms with Crippen LogP contribution in [0, 0.1) is 0 Å². The van der Waals surface area contributed by atoms with Gasteiger partial charge in [0.15, 0.2) is 0 Å². The van der Waals surface area contributed by atoms with Crippen molar-refractivity contribution in [3.63, 3.8) is 0 Å². The number of benzene rings is 1. The summed E-state index contributed by atoms with van der Waals surface area (Å²) in [5.74, 6) is 0.901. The number of nitrogens with one attached hydrogen (secondary N) is 1. The van der Waals surface area contributed by atoms with Crippen LogP contribution in [0.5, 0.6) is 5.75 Å². The van der Waals surface area contributed by atoms with Crippen LogP contribution in [0.4, 0.5) is 0 Å². The van der Waals surface area contributed by atoms with Gasteiger partial charge < -0.3 is 9.72 Å². The topological polar surface area (TPSA) is 37.9 Å². The minimum atomic E-state index is 0.197. The van der Waals surface area contributed by atoms with E-state index in [9.17, 15) is 0 Å². The predicted octanol–water partition coefficient (Wildman–Crippen LogP) is 4.02. The van der Waals surface area contributed by atoms with E-state index >= 15 is 0 Å². The highest BCUT2D eigenvalue weighted by Gasteiger charge is 2.05. The minimum absolute atomic E-state index is 0.197. The third-order valence-corrected chi connectivity index (χ3v) is 3.00. The lowest BCUT2D eigenvalue weighted by molar-refractivity contribution is 0.242. The molecule has 3 aromatic rings. The Bertz CT molecular complexity index is 683. The molecule has 0 spiro atoms. The van der Waals surface area contributed by atoms with Gasteiger partial charge in [-0.1, -0.05) is 12.1 Å². The van der Waals surface area contributed by atoms with Gasteiger partial charge in [-0.2, -0.15) is 0 Å². The number of hydrogen-bond acceptors (Lipinski definition) is 2. The van der Waals surface area contributed by atoms with Crippen LogP contribution in [-0.2, 0) is 0 Å². The van der Waals surface area contributed by atoms with Crippen LogP contribution in [0.2, 0.25) is 0 Å². The molecule has 3 heteroatoms. The molecule has 0 aliphatic heterocycles. The van der Waals surface area contributed by atoms with Gasteiger partial charge in [0, 0.05) is 17.8 Å². The Hall–Kier alpha value is -2.29. The third kappa shape index (κ3) is 2.32. The second-order valence-electron chi connectivity index (χ2n) is 4.79. The van der Waals surface area contributed by atoms with Crippen molar-refractivity contribution in [2.24, 2.45) is 0 Å². The molecule has 2 heterocycles. The molecule has 96 valence electrons. The number of nitrogens with zero attached hydrogens (tertiary/aromatic N) is 1. The summed E-state index contributed by atoms with van der Waals surface area (Å²) in [4.78, 5) is 7.44. The highest BCUT2D eigenvalue weighted by atomic mass is 16.5. The smallest absolute Gasteiger partial charge is 0.137 e. The summed E-state index contributed by atoms with van der Waals surface area (Å²) in [5.41, 5.74) is 3.27. The first-order chi connectivity index (χ1) is 9.24. The highest BCUT2D eigenvalue weighted by Crippen LogP contribution is 2.28. The summed E-state index contributed by atoms with van der Waals surface area (Å²) in [6, 6.07) is 12.3. The first kappa shape index (κ1) is 11.8. The lowest BCUT2D eigenvalue weighted by atomic mass is 10.0. The van der Waals surface area contributed by atoms with Crippen LogP contribution in [0.15, 0.2) is 48.8 Å². The standard InChI is InChI=1S/C16H16N2O/c1-11(2)19-13-5-3-12(4-6-13)14-7-9-17-16-15(14)8-10-18-16/h3-11H,1-2H3,(H,17,18). The largest absolute Gasteiger partial charge is 0.491 e. The molecule has 0 radical (unpaired) electrons. The molecule has 0 aliphatic rings. The number of rotatable bonds is 3. The maximum atomic E-state index is 5.66. The zero-order chi connectivity index (χ0) is 13.2. The van der Waals surface area contributed by atoms with E-state index in [1.807, 2.05) is 44.4 Å². The minimum Gasteiger partial charge on any atom is -0.491 e. The Labute approximate surface area is 112 Å². The van der Waals surface area contributed by atoms with Gasteiger partial charge in [-0.3, -0.25) is 0 Å². The third-order valence-electron chi connectivity index (χ3n) is 3.00. The van der Waals surface area contributed by atoms with E-state index in [-0.39, 0.29) is 6.10 Å². The molecule has 3 rings (SSSR count). The normalized spacial score (nSPS) is 11.1. The van der Waals surface area contributed by atoms with E-state index in [1.165, 1.54) is 11.1 Å². The lowest BCUT2D eigenvalue weighted by Crippen LogP contribution is -2.05. The first-order valence-electron chi connectivity index (χ1n) is 6.43. The van der Waals surface area contributed by atoms with Gasteiger partial charge in [-0.25, -0.2) is 4.98 Å². The average Bonchev–Trinajstić information content (AvgIpc) is 2.87. The van der Waals surface area contributed by atoms with Crippen LogP contribution in [0.1, 0.15) is 13.8 Å². The number of hydrogen-bond donors (Lipinski definition) is 1. The molecular weight excluding hydrogens is 236 g/mol. The van der Waals surface area contributed by atoms with Gasteiger partial charge in [-0.15, -0.1) is 0 Å². The van der Waals surface area contributed by atoms with Gasteiger partial charge >= 0.3 is 0 Å². The molecule has 0 aliphatic carbocycles. The molecule has 0 atom stereocenters.